The molecular formula is C17H18Cl2N2. The molecule has 1 fully saturated rings. The van der Waals surface area contributed by atoms with Crippen LogP contribution in [0.4, 0.5) is 0 Å². The van der Waals surface area contributed by atoms with Crippen LogP contribution in [-0.2, 0) is 0 Å². The van der Waals surface area contributed by atoms with Crippen LogP contribution in [0.15, 0.2) is 36.5 Å². The molecule has 1 aliphatic rings. The zero-order valence-electron chi connectivity index (χ0n) is 11.9. The highest BCUT2D eigenvalue weighted by atomic mass is 35.5. The van der Waals surface area contributed by atoms with Crippen LogP contribution in [0.25, 0.3) is 0 Å². The molecule has 3 rings (SSSR count). The molecular weight excluding hydrogens is 303 g/mol. The third kappa shape index (κ3) is 2.94. The molecule has 0 aliphatic heterocycles. The summed E-state index contributed by atoms with van der Waals surface area (Å²) in [7, 11) is 1.94. The Bertz CT molecular complexity index is 638. The number of pyridine rings is 1. The van der Waals surface area contributed by atoms with E-state index >= 15 is 0 Å². The average Bonchev–Trinajstić information content (AvgIpc) is 2.41. The van der Waals surface area contributed by atoms with Crippen LogP contribution in [0.2, 0.25) is 10.0 Å². The van der Waals surface area contributed by atoms with Crippen LogP contribution in [0.1, 0.15) is 48.0 Å². The number of benzene rings is 1. The van der Waals surface area contributed by atoms with Gasteiger partial charge in [0.1, 0.15) is 0 Å². The Kier molecular flexibility index (Phi) is 4.48. The summed E-state index contributed by atoms with van der Waals surface area (Å²) in [4.78, 5) is 4.44. The Morgan fingerprint density at radius 2 is 2.00 bits per heavy atom. The van der Waals surface area contributed by atoms with Crippen LogP contribution in [0.3, 0.4) is 0 Å². The summed E-state index contributed by atoms with van der Waals surface area (Å²) in [5, 5.41) is 4.51. The second kappa shape index (κ2) is 6.35. The zero-order chi connectivity index (χ0) is 14.8. The van der Waals surface area contributed by atoms with Gasteiger partial charge in [0.05, 0.1) is 21.8 Å². The fourth-order valence-electron chi connectivity index (χ4n) is 2.94. The third-order valence-electron chi connectivity index (χ3n) is 4.25. The van der Waals surface area contributed by atoms with Gasteiger partial charge in [-0.3, -0.25) is 4.98 Å². The number of aromatic nitrogens is 1. The Balaban J connectivity index is 2.03. The molecule has 110 valence electrons. The zero-order valence-corrected chi connectivity index (χ0v) is 13.5. The summed E-state index contributed by atoms with van der Waals surface area (Å²) in [6.45, 7) is 0. The van der Waals surface area contributed by atoms with E-state index in [4.69, 9.17) is 23.2 Å². The lowest BCUT2D eigenvalue weighted by atomic mass is 9.77. The lowest BCUT2D eigenvalue weighted by molar-refractivity contribution is 0.414. The summed E-state index contributed by atoms with van der Waals surface area (Å²) in [6, 6.07) is 10.3. The van der Waals surface area contributed by atoms with E-state index < -0.39 is 0 Å². The van der Waals surface area contributed by atoms with E-state index in [2.05, 4.69) is 34.6 Å². The average molecular weight is 321 g/mol. The quantitative estimate of drug-likeness (QED) is 0.860. The molecule has 1 aliphatic carbocycles. The molecule has 0 bridgehead atoms. The van der Waals surface area contributed by atoms with Gasteiger partial charge in [-0.1, -0.05) is 53.9 Å². The summed E-state index contributed by atoms with van der Waals surface area (Å²) >= 11 is 12.3. The van der Waals surface area contributed by atoms with Crippen molar-refractivity contribution in [3.8, 4) is 0 Å². The topological polar surface area (TPSA) is 24.9 Å². The number of hydrogen-bond acceptors (Lipinski definition) is 2. The minimum Gasteiger partial charge on any atom is -0.308 e. The van der Waals surface area contributed by atoms with Gasteiger partial charge in [0.25, 0.3) is 0 Å². The standard InChI is InChI=1S/C17H18Cl2N2/c1-20-16(17-15(19)9-12(18)10-21-17)14-8-3-2-7-13(14)11-5-4-6-11/h2-3,7-11,16,20H,4-6H2,1H3. The van der Waals surface area contributed by atoms with Crippen LogP contribution >= 0.6 is 23.2 Å². The normalized spacial score (nSPS) is 16.5. The van der Waals surface area contributed by atoms with Crippen molar-refractivity contribution in [2.45, 2.75) is 31.2 Å². The highest BCUT2D eigenvalue weighted by Gasteiger charge is 2.26. The van der Waals surface area contributed by atoms with Crippen molar-refractivity contribution in [3.63, 3.8) is 0 Å². The highest BCUT2D eigenvalue weighted by molar-refractivity contribution is 6.34. The monoisotopic (exact) mass is 320 g/mol. The van der Waals surface area contributed by atoms with Gasteiger partial charge in [0, 0.05) is 6.20 Å². The molecule has 2 aromatic rings. The van der Waals surface area contributed by atoms with Gasteiger partial charge in [-0.05, 0) is 43.0 Å². The van der Waals surface area contributed by atoms with E-state index in [1.807, 2.05) is 7.05 Å². The maximum Gasteiger partial charge on any atom is 0.0805 e. The van der Waals surface area contributed by atoms with Crippen molar-refractivity contribution >= 4 is 23.2 Å². The Labute approximate surface area is 135 Å². The summed E-state index contributed by atoms with van der Waals surface area (Å²) in [6.07, 6.45) is 5.52. The molecule has 1 heterocycles. The minimum atomic E-state index is -0.00781. The lowest BCUT2D eigenvalue weighted by Gasteiger charge is -2.30. The molecule has 1 aromatic carbocycles. The second-order valence-corrected chi connectivity index (χ2v) is 6.34. The van der Waals surface area contributed by atoms with Gasteiger partial charge in [-0.15, -0.1) is 0 Å². The van der Waals surface area contributed by atoms with E-state index in [9.17, 15) is 0 Å². The molecule has 1 saturated carbocycles. The molecule has 0 spiro atoms. The van der Waals surface area contributed by atoms with Crippen LogP contribution < -0.4 is 5.32 Å². The minimum absolute atomic E-state index is 0.00781. The molecule has 2 nitrogen and oxygen atoms in total. The van der Waals surface area contributed by atoms with Gasteiger partial charge in [-0.2, -0.15) is 0 Å². The Hall–Kier alpha value is -1.09. The highest BCUT2D eigenvalue weighted by Crippen LogP contribution is 2.41. The second-order valence-electron chi connectivity index (χ2n) is 5.50. The van der Waals surface area contributed by atoms with E-state index in [1.54, 1.807) is 12.3 Å². The molecule has 0 saturated heterocycles. The lowest BCUT2D eigenvalue weighted by Crippen LogP contribution is -2.22. The molecule has 1 aromatic heterocycles. The van der Waals surface area contributed by atoms with Crippen LogP contribution in [-0.4, -0.2) is 12.0 Å². The third-order valence-corrected chi connectivity index (χ3v) is 4.76. The number of halogens is 2. The SMILES string of the molecule is CNC(c1ccccc1C1CCC1)c1ncc(Cl)cc1Cl. The van der Waals surface area contributed by atoms with E-state index in [0.29, 0.717) is 16.0 Å². The van der Waals surface area contributed by atoms with Gasteiger partial charge in [0.15, 0.2) is 0 Å². The molecule has 4 heteroatoms. The van der Waals surface area contributed by atoms with E-state index in [1.165, 1.54) is 30.4 Å². The van der Waals surface area contributed by atoms with Gasteiger partial charge >= 0.3 is 0 Å². The smallest absolute Gasteiger partial charge is 0.0805 e. The van der Waals surface area contributed by atoms with Crippen LogP contribution in [0, 0.1) is 0 Å². The molecule has 21 heavy (non-hydrogen) atoms. The first-order chi connectivity index (χ1) is 10.2. The van der Waals surface area contributed by atoms with Crippen LogP contribution in [0.5, 0.6) is 0 Å². The van der Waals surface area contributed by atoms with Crippen molar-refractivity contribution in [3.05, 3.63) is 63.4 Å². The predicted octanol–water partition coefficient (Wildman–Crippen LogP) is 4.96. The molecule has 0 radical (unpaired) electrons. The first-order valence-corrected chi connectivity index (χ1v) is 8.03. The fourth-order valence-corrected chi connectivity index (χ4v) is 3.43. The molecule has 1 N–H and O–H groups in total. The van der Waals surface area contributed by atoms with E-state index in [0.717, 1.165) is 5.69 Å². The first-order valence-electron chi connectivity index (χ1n) is 7.27. The van der Waals surface area contributed by atoms with Gasteiger partial charge < -0.3 is 5.32 Å². The van der Waals surface area contributed by atoms with E-state index in [-0.39, 0.29) is 6.04 Å². The van der Waals surface area contributed by atoms with Gasteiger partial charge in [0.2, 0.25) is 0 Å². The molecule has 1 unspecified atom stereocenters. The number of nitrogens with zero attached hydrogens (tertiary/aromatic N) is 1. The first kappa shape index (κ1) is 14.8. The molecule has 1 atom stereocenters. The van der Waals surface area contributed by atoms with Crippen molar-refractivity contribution < 1.29 is 0 Å². The fraction of sp³-hybridized carbons (Fsp3) is 0.353. The Morgan fingerprint density at radius 1 is 1.24 bits per heavy atom. The van der Waals surface area contributed by atoms with Gasteiger partial charge in [-0.25, -0.2) is 0 Å². The maximum absolute atomic E-state index is 6.35. The summed E-state index contributed by atoms with van der Waals surface area (Å²) in [5.41, 5.74) is 3.51. The Morgan fingerprint density at radius 3 is 2.62 bits per heavy atom. The summed E-state index contributed by atoms with van der Waals surface area (Å²) < 4.78 is 0. The predicted molar refractivity (Wildman–Crippen MR) is 88.2 cm³/mol. The van der Waals surface area contributed by atoms with Crippen molar-refractivity contribution in [1.29, 1.82) is 0 Å². The number of rotatable bonds is 4. The number of nitrogens with one attached hydrogen (secondary N) is 1. The number of hydrogen-bond donors (Lipinski definition) is 1. The summed E-state index contributed by atoms with van der Waals surface area (Å²) in [5.74, 6) is 0.670. The largest absolute Gasteiger partial charge is 0.308 e. The van der Waals surface area contributed by atoms with Crippen molar-refractivity contribution in [2.24, 2.45) is 0 Å². The van der Waals surface area contributed by atoms with Crippen molar-refractivity contribution in [2.75, 3.05) is 7.05 Å². The van der Waals surface area contributed by atoms with Crippen molar-refractivity contribution in [1.82, 2.24) is 10.3 Å². The molecule has 0 amide bonds. The maximum atomic E-state index is 6.35.